The standard InChI is InChI=1S/C29H29ClN4O3S/c1-16-11-19(12-17(2)18(16)3)26-27(37-9-7-20-5-4-10-38-20)22-13-21(23(30)14-24(22)33-29(26)36)28(35)34-25-6-8-31-15-32-25/h6,8,11-15,20H,4-5,7,9-10H2,1-3H3,(H,33,36)(H,31,32,34,35). The highest BCUT2D eigenvalue weighted by molar-refractivity contribution is 8.00. The summed E-state index contributed by atoms with van der Waals surface area (Å²) < 4.78 is 6.42. The van der Waals surface area contributed by atoms with Gasteiger partial charge >= 0.3 is 0 Å². The average molecular weight is 549 g/mol. The van der Waals surface area contributed by atoms with Crippen LogP contribution in [-0.2, 0) is 0 Å². The summed E-state index contributed by atoms with van der Waals surface area (Å²) in [6, 6.07) is 8.90. The number of rotatable bonds is 7. The molecule has 0 aliphatic carbocycles. The molecule has 1 atom stereocenters. The third-order valence-corrected chi connectivity index (χ3v) is 8.83. The number of hydrogen-bond donors (Lipinski definition) is 2. The van der Waals surface area contributed by atoms with Crippen molar-refractivity contribution in [2.45, 2.75) is 45.3 Å². The minimum absolute atomic E-state index is 0.211. The van der Waals surface area contributed by atoms with E-state index >= 15 is 0 Å². The van der Waals surface area contributed by atoms with E-state index < -0.39 is 5.91 Å². The van der Waals surface area contributed by atoms with Crippen LogP contribution in [0, 0.1) is 20.8 Å². The van der Waals surface area contributed by atoms with Gasteiger partial charge in [0.25, 0.3) is 11.5 Å². The Balaban J connectivity index is 1.63. The van der Waals surface area contributed by atoms with Crippen LogP contribution in [0.5, 0.6) is 5.75 Å². The Morgan fingerprint density at radius 1 is 1.21 bits per heavy atom. The second-order valence-corrected chi connectivity index (χ2v) is 11.4. The van der Waals surface area contributed by atoms with E-state index in [1.54, 1.807) is 24.4 Å². The summed E-state index contributed by atoms with van der Waals surface area (Å²) >= 11 is 8.49. The van der Waals surface area contributed by atoms with E-state index in [2.05, 4.69) is 27.2 Å². The smallest absolute Gasteiger partial charge is 0.260 e. The lowest BCUT2D eigenvalue weighted by atomic mass is 9.95. The first kappa shape index (κ1) is 26.3. The molecule has 2 N–H and O–H groups in total. The Morgan fingerprint density at radius 3 is 2.68 bits per heavy atom. The Morgan fingerprint density at radius 2 is 2.00 bits per heavy atom. The molecule has 1 unspecified atom stereocenters. The van der Waals surface area contributed by atoms with Crippen molar-refractivity contribution in [2.75, 3.05) is 17.7 Å². The average Bonchev–Trinajstić information content (AvgIpc) is 3.40. The summed E-state index contributed by atoms with van der Waals surface area (Å²) in [5.41, 5.74) is 5.09. The number of aromatic amines is 1. The number of aryl methyl sites for hydroxylation is 2. The van der Waals surface area contributed by atoms with Gasteiger partial charge in [-0.1, -0.05) is 23.7 Å². The van der Waals surface area contributed by atoms with Gasteiger partial charge in [0.15, 0.2) is 0 Å². The van der Waals surface area contributed by atoms with Crippen molar-refractivity contribution in [2.24, 2.45) is 0 Å². The van der Waals surface area contributed by atoms with E-state index in [1.807, 2.05) is 37.7 Å². The SMILES string of the molecule is Cc1cc(-c2c(OCCC3CCCS3)c3cc(C(=O)Nc4ccncn4)c(Cl)cc3[nH]c2=O)cc(C)c1C. The first-order valence-electron chi connectivity index (χ1n) is 12.6. The number of aromatic nitrogens is 3. The molecule has 1 aliphatic rings. The van der Waals surface area contributed by atoms with Crippen LogP contribution in [0.2, 0.25) is 5.02 Å². The predicted octanol–water partition coefficient (Wildman–Crippen LogP) is 6.48. The predicted molar refractivity (Wildman–Crippen MR) is 155 cm³/mol. The van der Waals surface area contributed by atoms with Gasteiger partial charge in [0, 0.05) is 16.8 Å². The first-order chi connectivity index (χ1) is 18.3. The lowest BCUT2D eigenvalue weighted by Crippen LogP contribution is -2.16. The number of thioether (sulfide) groups is 1. The highest BCUT2D eigenvalue weighted by Crippen LogP contribution is 2.38. The quantitative estimate of drug-likeness (QED) is 0.274. The number of anilines is 1. The highest BCUT2D eigenvalue weighted by atomic mass is 35.5. The maximum atomic E-state index is 13.5. The lowest BCUT2D eigenvalue weighted by molar-refractivity contribution is 0.102. The maximum Gasteiger partial charge on any atom is 0.260 e. The largest absolute Gasteiger partial charge is 0.492 e. The molecule has 1 amide bonds. The van der Waals surface area contributed by atoms with E-state index in [9.17, 15) is 9.59 Å². The van der Waals surface area contributed by atoms with Crippen molar-refractivity contribution in [3.05, 3.63) is 80.5 Å². The summed E-state index contributed by atoms with van der Waals surface area (Å²) in [6.45, 7) is 6.61. The van der Waals surface area contributed by atoms with E-state index in [1.165, 1.54) is 30.5 Å². The number of H-pyrrole nitrogens is 1. The van der Waals surface area contributed by atoms with Crippen molar-refractivity contribution in [3.8, 4) is 16.9 Å². The summed E-state index contributed by atoms with van der Waals surface area (Å²) in [5.74, 6) is 1.58. The minimum Gasteiger partial charge on any atom is -0.492 e. The molecule has 4 aromatic rings. The van der Waals surface area contributed by atoms with Gasteiger partial charge in [-0.15, -0.1) is 0 Å². The van der Waals surface area contributed by atoms with Gasteiger partial charge in [0.1, 0.15) is 17.9 Å². The molecular formula is C29H29ClN4O3S. The van der Waals surface area contributed by atoms with Crippen molar-refractivity contribution in [1.82, 2.24) is 15.0 Å². The molecule has 0 saturated carbocycles. The molecule has 0 spiro atoms. The number of nitrogens with zero attached hydrogens (tertiary/aromatic N) is 2. The fourth-order valence-corrected chi connectivity index (χ4v) is 6.28. The van der Waals surface area contributed by atoms with E-state index in [0.717, 1.165) is 23.1 Å². The van der Waals surface area contributed by atoms with Crippen LogP contribution in [0.25, 0.3) is 22.0 Å². The fourth-order valence-electron chi connectivity index (χ4n) is 4.77. The van der Waals surface area contributed by atoms with Crippen LogP contribution in [0.4, 0.5) is 5.82 Å². The zero-order valence-corrected chi connectivity index (χ0v) is 23.1. The molecular weight excluding hydrogens is 520 g/mol. The van der Waals surface area contributed by atoms with Crippen molar-refractivity contribution >= 4 is 46.0 Å². The van der Waals surface area contributed by atoms with Gasteiger partial charge < -0.3 is 15.0 Å². The van der Waals surface area contributed by atoms with Crippen LogP contribution in [-0.4, -0.2) is 38.5 Å². The Labute approximate surface area is 230 Å². The second-order valence-electron chi connectivity index (χ2n) is 9.59. The number of carbonyl (C=O) groups is 1. The van der Waals surface area contributed by atoms with Crippen molar-refractivity contribution in [1.29, 1.82) is 0 Å². The third-order valence-electron chi connectivity index (χ3n) is 7.05. The zero-order valence-electron chi connectivity index (χ0n) is 21.6. The van der Waals surface area contributed by atoms with Gasteiger partial charge in [-0.25, -0.2) is 9.97 Å². The highest BCUT2D eigenvalue weighted by Gasteiger charge is 2.22. The first-order valence-corrected chi connectivity index (χ1v) is 14.0. The van der Waals surface area contributed by atoms with E-state index in [4.69, 9.17) is 16.3 Å². The molecule has 5 rings (SSSR count). The molecule has 9 heteroatoms. The Bertz CT molecular complexity index is 1540. The van der Waals surface area contributed by atoms with Crippen LogP contribution in [0.15, 0.2) is 47.7 Å². The number of hydrogen-bond acceptors (Lipinski definition) is 6. The van der Waals surface area contributed by atoms with Crippen molar-refractivity contribution < 1.29 is 9.53 Å². The summed E-state index contributed by atoms with van der Waals surface area (Å²) in [6.07, 6.45) is 6.19. The van der Waals surface area contributed by atoms with Crippen LogP contribution < -0.4 is 15.6 Å². The molecule has 2 aromatic heterocycles. The number of fused-ring (bicyclic) bond motifs is 1. The van der Waals surface area contributed by atoms with Gasteiger partial charge in [-0.05, 0) is 86.2 Å². The summed E-state index contributed by atoms with van der Waals surface area (Å²) in [7, 11) is 0. The number of ether oxygens (including phenoxy) is 1. The van der Waals surface area contributed by atoms with Crippen LogP contribution in [0.1, 0.15) is 46.3 Å². The van der Waals surface area contributed by atoms with Gasteiger partial charge in [-0.2, -0.15) is 11.8 Å². The number of pyridine rings is 1. The molecule has 0 radical (unpaired) electrons. The summed E-state index contributed by atoms with van der Waals surface area (Å²) in [5, 5.41) is 4.14. The second kappa shape index (κ2) is 11.2. The minimum atomic E-state index is -0.418. The third kappa shape index (κ3) is 5.42. The summed E-state index contributed by atoms with van der Waals surface area (Å²) in [4.78, 5) is 37.5. The Kier molecular flexibility index (Phi) is 7.72. The molecule has 38 heavy (non-hydrogen) atoms. The number of nitrogens with one attached hydrogen (secondary N) is 2. The molecule has 1 saturated heterocycles. The number of halogens is 1. The number of benzene rings is 2. The van der Waals surface area contributed by atoms with Crippen LogP contribution in [0.3, 0.4) is 0 Å². The van der Waals surface area contributed by atoms with Gasteiger partial charge in [0.2, 0.25) is 0 Å². The normalized spacial score (nSPS) is 15.1. The number of amides is 1. The zero-order chi connectivity index (χ0) is 26.8. The van der Waals surface area contributed by atoms with Crippen molar-refractivity contribution in [3.63, 3.8) is 0 Å². The van der Waals surface area contributed by atoms with Crippen LogP contribution >= 0.6 is 23.4 Å². The molecule has 196 valence electrons. The Hall–Kier alpha value is -3.36. The molecule has 2 aromatic carbocycles. The topological polar surface area (TPSA) is 97.0 Å². The lowest BCUT2D eigenvalue weighted by Gasteiger charge is -2.18. The maximum absolute atomic E-state index is 13.5. The molecule has 7 nitrogen and oxygen atoms in total. The molecule has 3 heterocycles. The molecule has 1 fully saturated rings. The van der Waals surface area contributed by atoms with Gasteiger partial charge in [-0.3, -0.25) is 9.59 Å². The van der Waals surface area contributed by atoms with E-state index in [0.29, 0.717) is 39.9 Å². The van der Waals surface area contributed by atoms with E-state index in [-0.39, 0.29) is 16.1 Å². The monoisotopic (exact) mass is 548 g/mol. The fraction of sp³-hybridized carbons (Fsp3) is 0.310. The molecule has 1 aliphatic heterocycles. The van der Waals surface area contributed by atoms with Gasteiger partial charge in [0.05, 0.1) is 28.3 Å². The number of carbonyl (C=O) groups excluding carboxylic acids is 1. The molecule has 0 bridgehead atoms.